The average Bonchev–Trinajstić information content (AvgIpc) is 3.18. The summed E-state index contributed by atoms with van der Waals surface area (Å²) in [5.41, 5.74) is 2.28. The minimum Gasteiger partial charge on any atom is -0.506 e. The molecular formula is C40H24Br6Cl8O7. The molecule has 0 atom stereocenters. The second-order valence-corrected chi connectivity index (χ2v) is 19.6. The molecule has 0 saturated carbocycles. The number of carbonyl (C=O) groups is 3. The van der Waals surface area contributed by atoms with Crippen LogP contribution < -0.4 is 0 Å². The Morgan fingerprint density at radius 1 is 0.508 bits per heavy atom. The number of phenolic OH excluding ortho intramolecular Hbond substituents is 3. The maximum absolute atomic E-state index is 10.5. The van der Waals surface area contributed by atoms with Gasteiger partial charge in [0.25, 0.3) is 0 Å². The van der Waals surface area contributed by atoms with Crippen molar-refractivity contribution in [2.24, 2.45) is 0 Å². The van der Waals surface area contributed by atoms with E-state index in [0.29, 0.717) is 41.4 Å². The molecule has 0 heterocycles. The topological polar surface area (TPSA) is 132 Å². The van der Waals surface area contributed by atoms with Crippen molar-refractivity contribution >= 4 is 207 Å². The van der Waals surface area contributed by atoms with Gasteiger partial charge in [0.15, 0.2) is 12.0 Å². The molecule has 324 valence electrons. The Morgan fingerprint density at radius 3 is 1.44 bits per heavy atom. The van der Waals surface area contributed by atoms with E-state index in [-0.39, 0.29) is 43.4 Å². The number of carbonyl (C=O) groups excluding carboxylic acids is 2. The molecule has 0 aliphatic heterocycles. The summed E-state index contributed by atoms with van der Waals surface area (Å²) in [5, 5.41) is 38.2. The number of halogens is 14. The fraction of sp³-hybridized carbons (Fsp3) is 0.0250. The molecule has 0 radical (unpaired) electrons. The standard InChI is InChI=1S/C7H4Br2O2.C7H4Br2O.C7H6Br2O.C7H3Cl3O.C6H3Cl3O.C6H4Cl2O/c8-4-1-2-6(9)5(3-4)7(10)11;8-6-1-5(4-10)2-7(9)3-6;1-4-2-5(8)7(10)6(9)3-4;8-5-1-2-6(9)7(10)4(5)3-11;7-3-1-4(8)6(10)5(9)2-3;7-4-1-2-5(8)6(9)3-4/h1-3H,(H,10,11);1-4H;2-3,10H,1H3;1-3H;1-2,10H;1-3,9H. The Labute approximate surface area is 440 Å². The largest absolute Gasteiger partial charge is 0.506 e. The second kappa shape index (κ2) is 29.3. The van der Waals surface area contributed by atoms with Gasteiger partial charge in [-0.2, -0.15) is 0 Å². The minimum absolute atomic E-state index is 0.0177. The summed E-state index contributed by atoms with van der Waals surface area (Å²) in [6, 6.07) is 24.6. The maximum Gasteiger partial charge on any atom is 0.336 e. The molecule has 0 aliphatic rings. The quantitative estimate of drug-likeness (QED) is 0.102. The molecule has 6 aromatic rings. The van der Waals surface area contributed by atoms with Crippen molar-refractivity contribution < 1.29 is 34.8 Å². The summed E-state index contributed by atoms with van der Waals surface area (Å²) in [6.45, 7) is 1.97. The molecule has 0 amide bonds. The van der Waals surface area contributed by atoms with Crippen molar-refractivity contribution in [3.05, 3.63) is 180 Å². The molecule has 0 unspecified atom stereocenters. The summed E-state index contributed by atoms with van der Waals surface area (Å²) in [4.78, 5) is 31.2. The molecular weight excluding hydrogens is 1360 g/mol. The molecule has 0 fully saturated rings. The number of carboxylic acids is 1. The number of aryl methyl sites for hydroxylation is 1. The fourth-order valence-electron chi connectivity index (χ4n) is 3.67. The van der Waals surface area contributed by atoms with Crippen LogP contribution >= 0.6 is 188 Å². The van der Waals surface area contributed by atoms with Gasteiger partial charge in [-0.25, -0.2) is 4.79 Å². The lowest BCUT2D eigenvalue weighted by Gasteiger charge is -2.00. The van der Waals surface area contributed by atoms with E-state index in [1.165, 1.54) is 24.3 Å². The van der Waals surface area contributed by atoms with Crippen molar-refractivity contribution in [1.82, 2.24) is 0 Å². The summed E-state index contributed by atoms with van der Waals surface area (Å²) >= 11 is 63.7. The van der Waals surface area contributed by atoms with Crippen LogP contribution in [-0.2, 0) is 0 Å². The van der Waals surface area contributed by atoms with Crippen molar-refractivity contribution in [3.8, 4) is 17.2 Å². The van der Waals surface area contributed by atoms with Crippen LogP contribution in [0.2, 0.25) is 40.2 Å². The number of rotatable bonds is 3. The van der Waals surface area contributed by atoms with Crippen molar-refractivity contribution in [2.45, 2.75) is 6.92 Å². The van der Waals surface area contributed by atoms with Crippen LogP contribution in [-0.4, -0.2) is 39.0 Å². The van der Waals surface area contributed by atoms with E-state index in [0.717, 1.165) is 34.2 Å². The molecule has 0 bridgehead atoms. The van der Waals surface area contributed by atoms with Crippen LogP contribution in [0.15, 0.2) is 118 Å². The van der Waals surface area contributed by atoms with Gasteiger partial charge in [-0.1, -0.05) is 141 Å². The summed E-state index contributed by atoms with van der Waals surface area (Å²) in [7, 11) is 0. The van der Waals surface area contributed by atoms with Gasteiger partial charge in [0.2, 0.25) is 0 Å². The Kier molecular flexibility index (Phi) is 27.7. The van der Waals surface area contributed by atoms with Crippen LogP contribution in [0.1, 0.15) is 36.6 Å². The fourth-order valence-corrected chi connectivity index (χ4v) is 8.92. The molecule has 7 nitrogen and oxygen atoms in total. The van der Waals surface area contributed by atoms with Crippen molar-refractivity contribution in [2.75, 3.05) is 0 Å². The molecule has 0 aliphatic carbocycles. The molecule has 21 heteroatoms. The smallest absolute Gasteiger partial charge is 0.336 e. The highest BCUT2D eigenvalue weighted by Crippen LogP contribution is 2.35. The van der Waals surface area contributed by atoms with Crippen molar-refractivity contribution in [3.63, 3.8) is 0 Å². The molecule has 0 aromatic heterocycles. The highest BCUT2D eigenvalue weighted by Gasteiger charge is 2.09. The lowest BCUT2D eigenvalue weighted by molar-refractivity contribution is 0.0695. The molecule has 0 saturated heterocycles. The van der Waals surface area contributed by atoms with Crippen LogP contribution in [0, 0.1) is 6.92 Å². The normalized spacial score (nSPS) is 9.69. The van der Waals surface area contributed by atoms with Gasteiger partial charge in [0.1, 0.15) is 17.8 Å². The molecule has 61 heavy (non-hydrogen) atoms. The molecule has 4 N–H and O–H groups in total. The van der Waals surface area contributed by atoms with Gasteiger partial charge in [0, 0.05) is 39.6 Å². The van der Waals surface area contributed by atoms with Gasteiger partial charge < -0.3 is 20.4 Å². The monoisotopic (exact) mass is 1370 g/mol. The third-order valence-corrected chi connectivity index (χ3v) is 12.2. The van der Waals surface area contributed by atoms with Crippen LogP contribution in [0.5, 0.6) is 17.2 Å². The predicted molar refractivity (Wildman–Crippen MR) is 272 cm³/mol. The SMILES string of the molecule is Cc1cc(Br)c(O)c(Br)c1.O=C(O)c1cc(Br)ccc1Br.O=Cc1c(Cl)ccc(Cl)c1Cl.O=Cc1cc(Br)cc(Br)c1.Oc1c(Cl)cc(Cl)cc1Cl.Oc1cc(Cl)ccc1Cl. The highest BCUT2D eigenvalue weighted by molar-refractivity contribution is 9.11. The molecule has 6 aromatic carbocycles. The number of benzene rings is 6. The van der Waals surface area contributed by atoms with Gasteiger partial charge in [-0.05, 0) is 145 Å². The van der Waals surface area contributed by atoms with Crippen LogP contribution in [0.4, 0.5) is 0 Å². The summed E-state index contributed by atoms with van der Waals surface area (Å²) in [5.74, 6) is -0.791. The van der Waals surface area contributed by atoms with Crippen LogP contribution in [0.3, 0.4) is 0 Å². The first-order valence-corrected chi connectivity index (χ1v) is 23.5. The number of aldehydes is 2. The minimum atomic E-state index is -0.932. The Bertz CT molecular complexity index is 2360. The Balaban J connectivity index is 0.000000366. The lowest BCUT2D eigenvalue weighted by atomic mass is 10.2. The first-order chi connectivity index (χ1) is 28.4. The third-order valence-electron chi connectivity index (χ3n) is 6.43. The number of aromatic carboxylic acids is 1. The zero-order chi connectivity index (χ0) is 46.7. The van der Waals surface area contributed by atoms with E-state index in [4.69, 9.17) is 108 Å². The Hall–Kier alpha value is -1.27. The van der Waals surface area contributed by atoms with E-state index in [9.17, 15) is 19.5 Å². The van der Waals surface area contributed by atoms with Gasteiger partial charge in [0.05, 0.1) is 50.2 Å². The zero-order valence-electron chi connectivity index (χ0n) is 30.1. The van der Waals surface area contributed by atoms with E-state index in [1.807, 2.05) is 25.1 Å². The molecule has 0 spiro atoms. The van der Waals surface area contributed by atoms with Gasteiger partial charge >= 0.3 is 5.97 Å². The van der Waals surface area contributed by atoms with E-state index >= 15 is 0 Å². The van der Waals surface area contributed by atoms with E-state index in [2.05, 4.69) is 95.6 Å². The maximum atomic E-state index is 10.5. The van der Waals surface area contributed by atoms with E-state index < -0.39 is 5.97 Å². The number of hydrogen-bond donors (Lipinski definition) is 4. The molecule has 6 rings (SSSR count). The third kappa shape index (κ3) is 21.5. The van der Waals surface area contributed by atoms with E-state index in [1.54, 1.807) is 48.5 Å². The number of phenols is 3. The summed E-state index contributed by atoms with van der Waals surface area (Å²) < 4.78 is 4.61. The predicted octanol–water partition coefficient (Wildman–Crippen LogP) is 18.7. The Morgan fingerprint density at radius 2 is 1.02 bits per heavy atom. The average molecular weight is 1380 g/mol. The first-order valence-electron chi connectivity index (χ1n) is 15.7. The second-order valence-electron chi connectivity index (χ2n) is 11.0. The zero-order valence-corrected chi connectivity index (χ0v) is 45.7. The van der Waals surface area contributed by atoms with Gasteiger partial charge in [-0.15, -0.1) is 0 Å². The van der Waals surface area contributed by atoms with Crippen molar-refractivity contribution in [1.29, 1.82) is 0 Å². The number of aromatic hydroxyl groups is 3. The lowest BCUT2D eigenvalue weighted by Crippen LogP contribution is -1.96. The summed E-state index contributed by atoms with van der Waals surface area (Å²) in [6.07, 6.45) is 1.39. The number of hydrogen-bond acceptors (Lipinski definition) is 6. The van der Waals surface area contributed by atoms with Crippen LogP contribution in [0.25, 0.3) is 0 Å². The first kappa shape index (κ1) is 57.7. The van der Waals surface area contributed by atoms with Gasteiger partial charge in [-0.3, -0.25) is 9.59 Å². The highest BCUT2D eigenvalue weighted by atomic mass is 79.9. The number of carboxylic acid groups (broad SMARTS) is 1.